The second-order valence-corrected chi connectivity index (χ2v) is 9.81. The van der Waals surface area contributed by atoms with Gasteiger partial charge in [-0.15, -0.1) is 0 Å². The van der Waals surface area contributed by atoms with Crippen LogP contribution in [0.1, 0.15) is 29.5 Å². The van der Waals surface area contributed by atoms with Gasteiger partial charge in [0, 0.05) is 11.5 Å². The first-order chi connectivity index (χ1) is 16.3. The highest BCUT2D eigenvalue weighted by molar-refractivity contribution is 7.90. The van der Waals surface area contributed by atoms with Crippen LogP contribution in [-0.4, -0.2) is 14.4 Å². The van der Waals surface area contributed by atoms with Crippen LogP contribution >= 0.6 is 0 Å². The highest BCUT2D eigenvalue weighted by Gasteiger charge is 2.32. The number of nitrogens with zero attached hydrogens (tertiary/aromatic N) is 1. The van der Waals surface area contributed by atoms with Crippen LogP contribution in [0.15, 0.2) is 88.8 Å². The molecule has 1 atom stereocenters. The van der Waals surface area contributed by atoms with Crippen LogP contribution in [0.4, 0.5) is 14.5 Å². The summed E-state index contributed by atoms with van der Waals surface area (Å²) in [4.78, 5) is 4.28. The molecule has 0 aromatic heterocycles. The molecule has 5 rings (SSSR count). The van der Waals surface area contributed by atoms with E-state index >= 15 is 4.39 Å². The number of halogens is 2. The fraction of sp³-hybridized carbons (Fsp3) is 0.115. The monoisotopic (exact) mass is 477 g/mol. The Bertz CT molecular complexity index is 1550. The van der Waals surface area contributed by atoms with Gasteiger partial charge in [-0.25, -0.2) is 26.9 Å². The lowest BCUT2D eigenvalue weighted by Gasteiger charge is -2.26. The van der Waals surface area contributed by atoms with Crippen molar-refractivity contribution < 1.29 is 17.2 Å². The molecule has 0 aliphatic carbocycles. The highest BCUT2D eigenvalue weighted by atomic mass is 32.2. The van der Waals surface area contributed by atoms with Crippen LogP contribution in [0, 0.1) is 11.6 Å². The van der Waals surface area contributed by atoms with E-state index in [2.05, 4.69) is 15.0 Å². The number of aliphatic imine (C=N–C) groups is 1. The molecule has 1 aliphatic rings. The standard InChI is InChI=1S/C26H21F2N3O2S/c1-16(20-8-4-5-9-21(20)27)24-22(28)12-13-23-25(24)30-26(31-34(23,32)33)29-15-17-10-11-18-6-2-3-7-19(18)14-17/h2-14,16H,15H2,1H3,(H2,29,30,31)/t16-/m0/s1. The maximum absolute atomic E-state index is 15.0. The molecule has 34 heavy (non-hydrogen) atoms. The molecule has 4 aromatic rings. The van der Waals surface area contributed by atoms with Gasteiger partial charge in [0.15, 0.2) is 0 Å². The van der Waals surface area contributed by atoms with Crippen molar-refractivity contribution in [1.82, 2.24) is 4.72 Å². The summed E-state index contributed by atoms with van der Waals surface area (Å²) in [7, 11) is -4.00. The molecule has 4 aromatic carbocycles. The number of hydrogen-bond donors (Lipinski definition) is 2. The fourth-order valence-corrected chi connectivity index (χ4v) is 5.39. The van der Waals surface area contributed by atoms with Gasteiger partial charge in [0.05, 0.1) is 12.2 Å². The van der Waals surface area contributed by atoms with Crippen molar-refractivity contribution >= 4 is 32.4 Å². The summed E-state index contributed by atoms with van der Waals surface area (Å²) in [5.41, 5.74) is 1.28. The van der Waals surface area contributed by atoms with Crippen LogP contribution in [0.3, 0.4) is 0 Å². The van der Waals surface area contributed by atoms with Crippen molar-refractivity contribution in [2.24, 2.45) is 4.99 Å². The second-order valence-electron chi connectivity index (χ2n) is 8.15. The average Bonchev–Trinajstić information content (AvgIpc) is 2.82. The van der Waals surface area contributed by atoms with E-state index < -0.39 is 27.6 Å². The molecule has 0 bridgehead atoms. The van der Waals surface area contributed by atoms with Gasteiger partial charge in [0.1, 0.15) is 16.5 Å². The third-order valence-electron chi connectivity index (χ3n) is 5.96. The van der Waals surface area contributed by atoms with Crippen LogP contribution in [0.5, 0.6) is 0 Å². The summed E-state index contributed by atoms with van der Waals surface area (Å²) in [6.07, 6.45) is 0. The number of hydrogen-bond acceptors (Lipinski definition) is 3. The molecule has 1 heterocycles. The number of nitrogens with one attached hydrogen (secondary N) is 2. The molecule has 2 N–H and O–H groups in total. The zero-order valence-corrected chi connectivity index (χ0v) is 19.0. The Balaban J connectivity index is 1.53. The Morgan fingerprint density at radius 2 is 1.62 bits per heavy atom. The molecule has 1 aliphatic heterocycles. The van der Waals surface area contributed by atoms with E-state index in [1.165, 1.54) is 12.1 Å². The Kier molecular flexibility index (Phi) is 5.53. The quantitative estimate of drug-likeness (QED) is 0.406. The first-order valence-electron chi connectivity index (χ1n) is 10.7. The summed E-state index contributed by atoms with van der Waals surface area (Å²) < 4.78 is 57.7. The minimum Gasteiger partial charge on any atom is -0.324 e. The van der Waals surface area contributed by atoms with Crippen LogP contribution in [0.25, 0.3) is 10.8 Å². The topological polar surface area (TPSA) is 70.6 Å². The van der Waals surface area contributed by atoms with Gasteiger partial charge in [-0.05, 0) is 46.2 Å². The minimum absolute atomic E-state index is 0.0201. The van der Waals surface area contributed by atoms with Gasteiger partial charge >= 0.3 is 0 Å². The van der Waals surface area contributed by atoms with E-state index in [0.717, 1.165) is 22.4 Å². The van der Waals surface area contributed by atoms with Crippen LogP contribution in [0.2, 0.25) is 0 Å². The molecule has 0 radical (unpaired) electrons. The summed E-state index contributed by atoms with van der Waals surface area (Å²) >= 11 is 0. The Morgan fingerprint density at radius 3 is 2.41 bits per heavy atom. The third-order valence-corrected chi connectivity index (χ3v) is 7.34. The Morgan fingerprint density at radius 1 is 0.882 bits per heavy atom. The van der Waals surface area contributed by atoms with E-state index in [1.54, 1.807) is 25.1 Å². The lowest BCUT2D eigenvalue weighted by atomic mass is 9.91. The van der Waals surface area contributed by atoms with Crippen molar-refractivity contribution in [3.8, 4) is 0 Å². The normalized spacial score (nSPS) is 16.5. The predicted molar refractivity (Wildman–Crippen MR) is 129 cm³/mol. The van der Waals surface area contributed by atoms with Gasteiger partial charge in [0.25, 0.3) is 10.0 Å². The average molecular weight is 478 g/mol. The van der Waals surface area contributed by atoms with Gasteiger partial charge in [-0.2, -0.15) is 0 Å². The minimum atomic E-state index is -4.00. The molecule has 5 nitrogen and oxygen atoms in total. The summed E-state index contributed by atoms with van der Waals surface area (Å²) in [5.74, 6) is -1.88. The van der Waals surface area contributed by atoms with Crippen LogP contribution in [-0.2, 0) is 16.6 Å². The molecule has 0 amide bonds. The molecule has 0 saturated carbocycles. The van der Waals surface area contributed by atoms with Gasteiger partial charge in [0.2, 0.25) is 5.96 Å². The van der Waals surface area contributed by atoms with Gasteiger partial charge in [-0.1, -0.05) is 61.5 Å². The number of fused-ring (bicyclic) bond motifs is 2. The molecule has 0 fully saturated rings. The Hall–Kier alpha value is -3.78. The van der Waals surface area contributed by atoms with Crippen molar-refractivity contribution in [3.05, 3.63) is 107 Å². The van der Waals surface area contributed by atoms with Crippen molar-refractivity contribution in [3.63, 3.8) is 0 Å². The molecular weight excluding hydrogens is 456 g/mol. The largest absolute Gasteiger partial charge is 0.324 e. The number of anilines is 1. The van der Waals surface area contributed by atoms with Gasteiger partial charge < -0.3 is 5.32 Å². The SMILES string of the molecule is C[C@@H](c1ccccc1F)c1c(F)ccc2c1NC(=NCc1ccc3ccccc3c1)NS2(=O)=O. The van der Waals surface area contributed by atoms with E-state index in [1.807, 2.05) is 42.5 Å². The predicted octanol–water partition coefficient (Wildman–Crippen LogP) is 5.53. The number of sulfonamides is 1. The van der Waals surface area contributed by atoms with Crippen LogP contribution < -0.4 is 10.0 Å². The first-order valence-corrected chi connectivity index (χ1v) is 12.2. The summed E-state index contributed by atoms with van der Waals surface area (Å²) in [5, 5.41) is 5.07. The van der Waals surface area contributed by atoms with E-state index in [0.29, 0.717) is 0 Å². The number of rotatable bonds is 4. The highest BCUT2D eigenvalue weighted by Crippen LogP contribution is 2.38. The zero-order valence-electron chi connectivity index (χ0n) is 18.2. The maximum Gasteiger partial charge on any atom is 0.266 e. The molecule has 0 unspecified atom stereocenters. The zero-order chi connectivity index (χ0) is 23.9. The molecule has 172 valence electrons. The van der Waals surface area contributed by atoms with E-state index in [4.69, 9.17) is 0 Å². The van der Waals surface area contributed by atoms with Gasteiger partial charge in [-0.3, -0.25) is 0 Å². The molecular formula is C26H21F2N3O2S. The van der Waals surface area contributed by atoms with E-state index in [9.17, 15) is 12.8 Å². The van der Waals surface area contributed by atoms with Crippen molar-refractivity contribution in [1.29, 1.82) is 0 Å². The Labute approximate surface area is 196 Å². The number of guanidine groups is 1. The van der Waals surface area contributed by atoms with Crippen molar-refractivity contribution in [2.75, 3.05) is 5.32 Å². The maximum atomic E-state index is 15.0. The van der Waals surface area contributed by atoms with E-state index in [-0.39, 0.29) is 34.2 Å². The summed E-state index contributed by atoms with van der Waals surface area (Å²) in [6.45, 7) is 1.85. The molecule has 0 spiro atoms. The first kappa shape index (κ1) is 22.0. The molecule has 0 saturated heterocycles. The third kappa shape index (κ3) is 4.01. The fourth-order valence-electron chi connectivity index (χ4n) is 4.24. The lowest BCUT2D eigenvalue weighted by molar-refractivity contribution is 0.577. The number of benzene rings is 4. The second kappa shape index (κ2) is 8.53. The lowest BCUT2D eigenvalue weighted by Crippen LogP contribution is -2.41. The van der Waals surface area contributed by atoms with Crippen molar-refractivity contribution in [2.45, 2.75) is 24.3 Å². The molecule has 8 heteroatoms. The summed E-state index contributed by atoms with van der Waals surface area (Å²) in [6, 6.07) is 22.1. The smallest absolute Gasteiger partial charge is 0.266 e.